The molecule has 0 bridgehead atoms. The molecule has 3 N–H and O–H groups in total. The lowest BCUT2D eigenvalue weighted by atomic mass is 9.85. The van der Waals surface area contributed by atoms with Crippen molar-refractivity contribution in [2.75, 3.05) is 6.61 Å². The number of nitrogens with one attached hydrogen (secondary N) is 1. The van der Waals surface area contributed by atoms with Crippen molar-refractivity contribution in [3.63, 3.8) is 0 Å². The maximum absolute atomic E-state index is 14.3. The van der Waals surface area contributed by atoms with Crippen LogP contribution in [0.3, 0.4) is 0 Å². The monoisotopic (exact) mass is 731 g/mol. The molecular weight excluding hydrogens is 682 g/mol. The van der Waals surface area contributed by atoms with E-state index in [0.717, 1.165) is 16.7 Å². The molecule has 1 amide bonds. The summed E-state index contributed by atoms with van der Waals surface area (Å²) in [6, 6.07) is 26.8. The first-order valence-corrected chi connectivity index (χ1v) is 18.1. The number of aryl methyl sites for hydroxylation is 1. The number of carbonyl (C=O) groups is 3. The Morgan fingerprint density at radius 2 is 1.34 bits per heavy atom. The smallest absolute Gasteiger partial charge is 0.331 e. The van der Waals surface area contributed by atoms with Gasteiger partial charge in [-0.2, -0.15) is 0 Å². The number of rotatable bonds is 15. The van der Waals surface area contributed by atoms with Gasteiger partial charge in [0.05, 0.1) is 12.5 Å². The van der Waals surface area contributed by atoms with Crippen LogP contribution in [0.4, 0.5) is 0 Å². The largest absolute Gasteiger partial charge is 0.481 e. The lowest BCUT2D eigenvalue weighted by Gasteiger charge is -2.36. The number of carbonyl (C=O) groups excluding carboxylic acids is 2. The predicted octanol–water partition coefficient (Wildman–Crippen LogP) is 4.56. The Labute approximate surface area is 309 Å². The Kier molecular flexibility index (Phi) is 11.7. The highest BCUT2D eigenvalue weighted by Gasteiger charge is 2.69. The van der Waals surface area contributed by atoms with Gasteiger partial charge in [-0.05, 0) is 76.5 Å². The van der Waals surface area contributed by atoms with Gasteiger partial charge in [0.2, 0.25) is 5.91 Å². The van der Waals surface area contributed by atoms with Gasteiger partial charge in [0, 0.05) is 5.92 Å². The summed E-state index contributed by atoms with van der Waals surface area (Å²) in [6.07, 6.45) is -3.40. The maximum atomic E-state index is 14.3. The number of carboxylic acids is 1. The fraction of sp³-hybridized carbons (Fsp3) is 0.488. The Morgan fingerprint density at radius 1 is 0.774 bits per heavy atom. The molecule has 8 atom stereocenters. The third kappa shape index (κ3) is 9.50. The van der Waals surface area contributed by atoms with E-state index in [1.54, 1.807) is 27.7 Å². The summed E-state index contributed by atoms with van der Waals surface area (Å²) in [5, 5.41) is 25.4. The van der Waals surface area contributed by atoms with Gasteiger partial charge < -0.3 is 44.0 Å². The lowest BCUT2D eigenvalue weighted by Crippen LogP contribution is -2.59. The molecule has 3 heterocycles. The zero-order chi connectivity index (χ0) is 37.8. The molecule has 3 aromatic rings. The molecule has 0 aromatic heterocycles. The minimum absolute atomic E-state index is 0.0179. The third-order valence-electron chi connectivity index (χ3n) is 9.89. The molecule has 3 aliphatic heterocycles. The van der Waals surface area contributed by atoms with Crippen molar-refractivity contribution in [1.29, 1.82) is 0 Å². The van der Waals surface area contributed by atoms with Gasteiger partial charge in [0.15, 0.2) is 30.1 Å². The Hall–Kier alpha value is -4.17. The second-order valence-corrected chi connectivity index (χ2v) is 15.0. The highest BCUT2D eigenvalue weighted by molar-refractivity contribution is 5.86. The van der Waals surface area contributed by atoms with Crippen molar-refractivity contribution in [2.45, 2.75) is 108 Å². The Morgan fingerprint density at radius 3 is 1.89 bits per heavy atom. The topological polar surface area (TPSA) is 159 Å². The molecule has 0 spiro atoms. The summed E-state index contributed by atoms with van der Waals surface area (Å²) >= 11 is 0. The van der Waals surface area contributed by atoms with Crippen LogP contribution in [0.2, 0.25) is 0 Å². The van der Waals surface area contributed by atoms with Crippen molar-refractivity contribution in [1.82, 2.24) is 5.32 Å². The summed E-state index contributed by atoms with van der Waals surface area (Å²) in [4.78, 5) is 41.2. The average molecular weight is 732 g/mol. The van der Waals surface area contributed by atoms with Crippen LogP contribution in [0.25, 0.3) is 0 Å². The highest BCUT2D eigenvalue weighted by Crippen LogP contribution is 2.47. The molecule has 3 saturated heterocycles. The fourth-order valence-electron chi connectivity index (χ4n) is 7.27. The zero-order valence-electron chi connectivity index (χ0n) is 30.5. The van der Waals surface area contributed by atoms with Gasteiger partial charge in [0.25, 0.3) is 5.79 Å². The van der Waals surface area contributed by atoms with E-state index in [9.17, 15) is 24.6 Å². The van der Waals surface area contributed by atoms with Crippen LogP contribution in [0.15, 0.2) is 91.0 Å². The quantitative estimate of drug-likeness (QED) is 0.149. The molecule has 3 fully saturated rings. The Bertz CT molecular complexity index is 1700. The Balaban J connectivity index is 1.27. The van der Waals surface area contributed by atoms with Crippen molar-refractivity contribution in [3.05, 3.63) is 108 Å². The zero-order valence-corrected chi connectivity index (χ0v) is 30.5. The van der Waals surface area contributed by atoms with Gasteiger partial charge in [0.1, 0.15) is 12.1 Å². The van der Waals surface area contributed by atoms with E-state index in [2.05, 4.69) is 5.32 Å². The van der Waals surface area contributed by atoms with Crippen molar-refractivity contribution >= 4 is 17.8 Å². The first-order chi connectivity index (χ1) is 25.2. The normalized spacial score (nSPS) is 27.3. The van der Waals surface area contributed by atoms with Crippen molar-refractivity contribution < 1.29 is 53.0 Å². The molecule has 3 aromatic carbocycles. The standard InChI is InChI=1S/C41H49NO11/c1-39(2)48-25-32(50-39)33-41(47,34-38(49-33)53-40(3,4)51-34)52-37(46)31(21-20-26-14-8-5-9-15-26)42-35(43)29(22-27-16-10-6-11-17-27)24-30(36(44)45)23-28-18-12-7-13-19-28/h5-19,29-34,38,47H,20-25H2,1-4H3,(H,42,43)(H,44,45)/t29-,30-,31+,32-,33-,34+,38?,41+/m1/s1. The molecule has 0 saturated carbocycles. The van der Waals surface area contributed by atoms with E-state index in [-0.39, 0.29) is 32.3 Å². The van der Waals surface area contributed by atoms with Crippen LogP contribution < -0.4 is 5.32 Å². The number of carboxylic acid groups (broad SMARTS) is 1. The summed E-state index contributed by atoms with van der Waals surface area (Å²) < 4.78 is 35.8. The number of aliphatic hydroxyl groups is 1. The molecule has 12 nitrogen and oxygen atoms in total. The number of hydrogen-bond donors (Lipinski definition) is 3. The van der Waals surface area contributed by atoms with E-state index in [4.69, 9.17) is 28.4 Å². The summed E-state index contributed by atoms with van der Waals surface area (Å²) in [7, 11) is 0. The molecular formula is C41H49NO11. The number of amides is 1. The average Bonchev–Trinajstić information content (AvgIpc) is 3.73. The number of aliphatic carboxylic acids is 1. The van der Waals surface area contributed by atoms with Crippen LogP contribution in [0.1, 0.15) is 57.2 Å². The summed E-state index contributed by atoms with van der Waals surface area (Å²) in [5.74, 6) is -8.66. The number of hydrogen-bond acceptors (Lipinski definition) is 10. The molecule has 6 rings (SSSR count). The van der Waals surface area contributed by atoms with Crippen molar-refractivity contribution in [3.8, 4) is 0 Å². The first kappa shape index (κ1) is 38.6. The predicted molar refractivity (Wildman–Crippen MR) is 191 cm³/mol. The van der Waals surface area contributed by atoms with Gasteiger partial charge in [-0.25, -0.2) is 4.79 Å². The number of ether oxygens (including phenoxy) is 6. The lowest BCUT2D eigenvalue weighted by molar-refractivity contribution is -0.303. The van der Waals surface area contributed by atoms with Crippen LogP contribution in [-0.2, 0) is 62.1 Å². The van der Waals surface area contributed by atoms with E-state index < -0.39 is 77.7 Å². The number of benzene rings is 3. The second kappa shape index (κ2) is 16.1. The van der Waals surface area contributed by atoms with Crippen LogP contribution >= 0.6 is 0 Å². The molecule has 3 aliphatic rings. The molecule has 284 valence electrons. The van der Waals surface area contributed by atoms with E-state index >= 15 is 0 Å². The second-order valence-electron chi connectivity index (χ2n) is 15.0. The van der Waals surface area contributed by atoms with E-state index in [0.29, 0.717) is 6.42 Å². The van der Waals surface area contributed by atoms with Crippen LogP contribution in [0.5, 0.6) is 0 Å². The fourth-order valence-corrected chi connectivity index (χ4v) is 7.27. The minimum atomic E-state index is -2.38. The van der Waals surface area contributed by atoms with Crippen LogP contribution in [-0.4, -0.2) is 82.7 Å². The summed E-state index contributed by atoms with van der Waals surface area (Å²) in [6.45, 7) is 6.80. The molecule has 0 radical (unpaired) electrons. The molecule has 53 heavy (non-hydrogen) atoms. The summed E-state index contributed by atoms with van der Waals surface area (Å²) in [5.41, 5.74) is 2.60. The number of fused-ring (bicyclic) bond motifs is 1. The van der Waals surface area contributed by atoms with Gasteiger partial charge in [-0.1, -0.05) is 91.0 Å². The van der Waals surface area contributed by atoms with Crippen LogP contribution in [0, 0.1) is 11.8 Å². The van der Waals surface area contributed by atoms with Gasteiger partial charge in [-0.3, -0.25) is 9.59 Å². The van der Waals surface area contributed by atoms with Crippen molar-refractivity contribution in [2.24, 2.45) is 11.8 Å². The third-order valence-corrected chi connectivity index (χ3v) is 9.89. The first-order valence-electron chi connectivity index (χ1n) is 18.1. The van der Waals surface area contributed by atoms with Gasteiger partial charge in [-0.15, -0.1) is 0 Å². The molecule has 1 unspecified atom stereocenters. The SMILES string of the molecule is CC1(C)OC[C@H]([C@H]2OC3OC(C)(C)O[C@@H]3[C@@]2(O)OC(=O)[C@H](CCc2ccccc2)NC(=O)[C@H](Cc2ccccc2)C[C@@H](Cc2ccccc2)C(=O)O)O1. The van der Waals surface area contributed by atoms with E-state index in [1.165, 1.54) is 0 Å². The maximum Gasteiger partial charge on any atom is 0.331 e. The highest BCUT2D eigenvalue weighted by atomic mass is 16.9. The number of esters is 1. The molecule has 12 heteroatoms. The van der Waals surface area contributed by atoms with E-state index in [1.807, 2.05) is 91.0 Å². The van der Waals surface area contributed by atoms with Gasteiger partial charge >= 0.3 is 11.9 Å². The minimum Gasteiger partial charge on any atom is -0.481 e. The molecule has 0 aliphatic carbocycles.